The first-order chi connectivity index (χ1) is 12.6. The number of halogens is 1. The van der Waals surface area contributed by atoms with Crippen LogP contribution in [0.2, 0.25) is 5.02 Å². The Labute approximate surface area is 152 Å². The molecule has 0 unspecified atom stereocenters. The molecule has 0 saturated carbocycles. The van der Waals surface area contributed by atoms with Crippen molar-refractivity contribution in [1.29, 1.82) is 0 Å². The van der Waals surface area contributed by atoms with Gasteiger partial charge >= 0.3 is 5.84 Å². The molecule has 0 fully saturated rings. The van der Waals surface area contributed by atoms with Gasteiger partial charge in [-0.05, 0) is 53.5 Å². The van der Waals surface area contributed by atoms with Crippen LogP contribution in [-0.2, 0) is 0 Å². The molecule has 26 heavy (non-hydrogen) atoms. The zero-order chi connectivity index (χ0) is 18.1. The number of rotatable bonds is 3. The molecule has 0 saturated heterocycles. The van der Waals surface area contributed by atoms with E-state index in [9.17, 15) is 10.1 Å². The summed E-state index contributed by atoms with van der Waals surface area (Å²) >= 11 is 5.96. The maximum Gasteiger partial charge on any atom is 0.430 e. The third-order valence-electron chi connectivity index (χ3n) is 4.09. The van der Waals surface area contributed by atoms with Gasteiger partial charge in [-0.1, -0.05) is 11.6 Å². The van der Waals surface area contributed by atoms with E-state index >= 15 is 0 Å². The second-order valence-electron chi connectivity index (χ2n) is 5.68. The Morgan fingerprint density at radius 1 is 1.08 bits per heavy atom. The Kier molecular flexibility index (Phi) is 4.19. The molecule has 1 aromatic carbocycles. The molecule has 4 rings (SSSR count). The van der Waals surface area contributed by atoms with Gasteiger partial charge < -0.3 is 18.9 Å². The highest BCUT2D eigenvalue weighted by atomic mass is 35.5. The molecule has 8 nitrogen and oxygen atoms in total. The lowest BCUT2D eigenvalue weighted by atomic mass is 10.1. The van der Waals surface area contributed by atoms with Crippen molar-refractivity contribution in [2.24, 2.45) is 5.10 Å². The monoisotopic (exact) mass is 373 g/mol. The van der Waals surface area contributed by atoms with Gasteiger partial charge in [-0.15, -0.1) is 5.01 Å². The third kappa shape index (κ3) is 2.96. The zero-order valence-corrected chi connectivity index (χ0v) is 14.1. The minimum absolute atomic E-state index is 0.224. The van der Waals surface area contributed by atoms with Crippen molar-refractivity contribution in [3.63, 3.8) is 0 Å². The molecular weight excluding hydrogens is 360 g/mol. The van der Waals surface area contributed by atoms with Crippen LogP contribution in [0, 0.1) is 10.1 Å². The largest absolute Gasteiger partial charge is 0.462 e. The average Bonchev–Trinajstić information content (AvgIpc) is 3.35. The smallest absolute Gasteiger partial charge is 0.430 e. The lowest BCUT2D eigenvalue weighted by molar-refractivity contribution is -0.732. The second kappa shape index (κ2) is 6.66. The van der Waals surface area contributed by atoms with Crippen molar-refractivity contribution >= 4 is 23.1 Å². The first-order valence-corrected chi connectivity index (χ1v) is 8.21. The third-order valence-corrected chi connectivity index (χ3v) is 4.34. The number of furan rings is 2. The lowest BCUT2D eigenvalue weighted by Gasteiger charge is -2.27. The number of anilines is 1. The second-order valence-corrected chi connectivity index (χ2v) is 6.12. The number of hydrogen-bond acceptors (Lipinski definition) is 6. The van der Waals surface area contributed by atoms with Crippen molar-refractivity contribution in [1.82, 2.24) is 0 Å². The van der Waals surface area contributed by atoms with Gasteiger partial charge in [0.1, 0.15) is 0 Å². The van der Waals surface area contributed by atoms with Gasteiger partial charge in [0.05, 0.1) is 23.3 Å². The van der Waals surface area contributed by atoms with Crippen LogP contribution in [0.4, 0.5) is 5.69 Å². The molecular formula is C17H14ClN4O4+. The van der Waals surface area contributed by atoms with E-state index < -0.39 is 17.1 Å². The Bertz CT molecular complexity index is 922. The van der Waals surface area contributed by atoms with Crippen LogP contribution in [0.5, 0.6) is 0 Å². The average molecular weight is 374 g/mol. The molecule has 1 aliphatic heterocycles. The van der Waals surface area contributed by atoms with Crippen LogP contribution in [0.1, 0.15) is 23.7 Å². The summed E-state index contributed by atoms with van der Waals surface area (Å²) in [6.45, 7) is 0. The first-order valence-electron chi connectivity index (χ1n) is 7.83. The van der Waals surface area contributed by atoms with Crippen molar-refractivity contribution in [3.8, 4) is 0 Å². The molecule has 2 N–H and O–H groups in total. The first kappa shape index (κ1) is 16.4. The predicted molar refractivity (Wildman–Crippen MR) is 93.2 cm³/mol. The molecule has 3 heterocycles. The number of benzene rings is 1. The van der Waals surface area contributed by atoms with Gasteiger partial charge in [0.15, 0.2) is 11.5 Å². The van der Waals surface area contributed by atoms with Gasteiger partial charge in [-0.2, -0.15) is 0 Å². The fraction of sp³-hybridized carbons (Fsp3) is 0.118. The maximum absolute atomic E-state index is 11.6. The molecule has 9 heteroatoms. The number of hydrazone groups is 1. The summed E-state index contributed by atoms with van der Waals surface area (Å²) in [6, 6.07) is 13.2. The maximum atomic E-state index is 11.6. The Hall–Kier alpha value is -3.10. The van der Waals surface area contributed by atoms with Crippen molar-refractivity contribution < 1.29 is 19.1 Å². The van der Waals surface area contributed by atoms with E-state index in [1.54, 1.807) is 65.1 Å². The van der Waals surface area contributed by atoms with E-state index in [4.69, 9.17) is 20.4 Å². The molecule has 0 aliphatic carbocycles. The van der Waals surface area contributed by atoms with Crippen LogP contribution in [0.15, 0.2) is 75.0 Å². The van der Waals surface area contributed by atoms with Crippen LogP contribution in [0.3, 0.4) is 0 Å². The number of amidine groups is 1. The van der Waals surface area contributed by atoms with E-state index in [0.717, 1.165) is 0 Å². The Balaban J connectivity index is 1.83. The Morgan fingerprint density at radius 2 is 1.73 bits per heavy atom. The fourth-order valence-electron chi connectivity index (χ4n) is 2.91. The summed E-state index contributed by atoms with van der Waals surface area (Å²) < 4.78 is 10.9. The summed E-state index contributed by atoms with van der Waals surface area (Å²) in [5.74, 6) is 0.841. The number of nitrogens with two attached hydrogens (primary N) is 1. The van der Waals surface area contributed by atoms with Gasteiger partial charge in [0, 0.05) is 5.02 Å². The van der Waals surface area contributed by atoms with Crippen molar-refractivity contribution in [2.45, 2.75) is 12.2 Å². The van der Waals surface area contributed by atoms with Crippen LogP contribution >= 0.6 is 11.6 Å². The number of nitrogens with zero attached hydrogens (tertiary/aromatic N) is 3. The minimum atomic E-state index is -0.696. The molecule has 0 spiro atoms. The van der Waals surface area contributed by atoms with Crippen LogP contribution in [-0.4, -0.2) is 10.8 Å². The van der Waals surface area contributed by atoms with Crippen LogP contribution < -0.4 is 10.3 Å². The van der Waals surface area contributed by atoms with E-state index in [1.165, 1.54) is 6.26 Å². The van der Waals surface area contributed by atoms with E-state index in [0.29, 0.717) is 22.2 Å². The summed E-state index contributed by atoms with van der Waals surface area (Å²) in [5, 5.41) is 19.8. The topological polar surface area (TPSA) is 102 Å². The van der Waals surface area contributed by atoms with Gasteiger partial charge in [-0.25, -0.2) is 0 Å². The van der Waals surface area contributed by atoms with Crippen LogP contribution in [0.25, 0.3) is 0 Å². The molecule has 2 aromatic heterocycles. The summed E-state index contributed by atoms with van der Waals surface area (Å²) in [6.07, 6.45) is 2.59. The highest BCUT2D eigenvalue weighted by Crippen LogP contribution is 2.29. The zero-order valence-electron chi connectivity index (χ0n) is 13.4. The normalized spacial score (nSPS) is 20.0. The number of quaternary nitrogens is 1. The molecule has 0 radical (unpaired) electrons. The minimum Gasteiger partial charge on any atom is -0.462 e. The van der Waals surface area contributed by atoms with E-state index in [2.05, 4.69) is 5.10 Å². The molecule has 3 aromatic rings. The molecule has 0 bridgehead atoms. The highest BCUT2D eigenvalue weighted by Gasteiger charge is 2.47. The number of hydrogen-bond donors (Lipinski definition) is 1. The van der Waals surface area contributed by atoms with Gasteiger partial charge in [-0.3, -0.25) is 5.32 Å². The lowest BCUT2D eigenvalue weighted by Crippen LogP contribution is -2.92. The SMILES string of the molecule is O=[N+]([O-])C1=NN(c2ccc(Cl)cc2)[C@@H](c2ccco2)[NH2+][C@H]1c1ccco1. The highest BCUT2D eigenvalue weighted by molar-refractivity contribution is 6.30. The van der Waals surface area contributed by atoms with E-state index in [1.807, 2.05) is 0 Å². The van der Waals surface area contributed by atoms with Crippen molar-refractivity contribution in [2.75, 3.05) is 5.01 Å². The summed E-state index contributed by atoms with van der Waals surface area (Å²) in [5.41, 5.74) is 0.657. The molecule has 2 atom stereocenters. The molecule has 132 valence electrons. The standard InChI is InChI=1S/C17H13ClN4O4/c18-11-5-7-12(8-6-11)21-16(14-4-2-10-26-14)19-15(13-3-1-9-25-13)17(20-21)22(23)24/h1-10,15-16,19H/p+1/t15-,16-/m0/s1. The molecule has 1 aliphatic rings. The van der Waals surface area contributed by atoms with Gasteiger partial charge in [0.25, 0.3) is 12.2 Å². The molecule has 0 amide bonds. The van der Waals surface area contributed by atoms with Gasteiger partial charge in [0.2, 0.25) is 0 Å². The van der Waals surface area contributed by atoms with E-state index in [-0.39, 0.29) is 5.84 Å². The van der Waals surface area contributed by atoms with Crippen molar-refractivity contribution in [3.05, 3.63) is 87.7 Å². The summed E-state index contributed by atoms with van der Waals surface area (Å²) in [4.78, 5) is 11.1. The Morgan fingerprint density at radius 3 is 2.31 bits per heavy atom. The predicted octanol–water partition coefficient (Wildman–Crippen LogP) is 2.94. The fourth-order valence-corrected chi connectivity index (χ4v) is 3.04. The number of nitro groups is 1. The quantitative estimate of drug-likeness (QED) is 0.561. The summed E-state index contributed by atoms with van der Waals surface area (Å²) in [7, 11) is 0.